The molecule has 1 aliphatic rings. The van der Waals surface area contributed by atoms with Gasteiger partial charge in [-0.15, -0.1) is 0 Å². The standard InChI is InChI=1S/C15H18ClF2NO3/c16-12-7-9(1-6-13(12)22-15(17)18)8-19-11-4-2-10(3-5-11)14(20)21/h1,6-7,10-11,15,19H,2-5,8H2,(H,20,21). The average molecular weight is 334 g/mol. The molecule has 0 amide bonds. The predicted octanol–water partition coefficient (Wildman–Crippen LogP) is 3.67. The second-order valence-corrected chi connectivity index (χ2v) is 5.82. The second kappa shape index (κ2) is 7.74. The molecule has 2 N–H and O–H groups in total. The van der Waals surface area contributed by atoms with E-state index in [-0.39, 0.29) is 22.7 Å². The van der Waals surface area contributed by atoms with Gasteiger partial charge in [0.2, 0.25) is 0 Å². The number of carboxylic acid groups (broad SMARTS) is 1. The molecule has 0 spiro atoms. The van der Waals surface area contributed by atoms with E-state index < -0.39 is 12.6 Å². The first-order valence-electron chi connectivity index (χ1n) is 7.15. The average Bonchev–Trinajstić information content (AvgIpc) is 2.47. The second-order valence-electron chi connectivity index (χ2n) is 5.41. The minimum atomic E-state index is -2.90. The molecule has 0 unspecified atom stereocenters. The van der Waals surface area contributed by atoms with Crippen LogP contribution in [0, 0.1) is 5.92 Å². The molecule has 1 aliphatic carbocycles. The van der Waals surface area contributed by atoms with Crippen molar-refractivity contribution in [1.82, 2.24) is 5.32 Å². The van der Waals surface area contributed by atoms with E-state index in [2.05, 4.69) is 10.1 Å². The van der Waals surface area contributed by atoms with Crippen LogP contribution in [0.15, 0.2) is 18.2 Å². The lowest BCUT2D eigenvalue weighted by Gasteiger charge is -2.27. The highest BCUT2D eigenvalue weighted by Gasteiger charge is 2.25. The number of carbonyl (C=O) groups is 1. The summed E-state index contributed by atoms with van der Waals surface area (Å²) >= 11 is 5.90. The molecule has 0 radical (unpaired) electrons. The van der Waals surface area contributed by atoms with E-state index in [1.807, 2.05) is 0 Å². The molecule has 122 valence electrons. The summed E-state index contributed by atoms with van der Waals surface area (Å²) in [6, 6.07) is 4.97. The minimum Gasteiger partial charge on any atom is -0.481 e. The maximum atomic E-state index is 12.1. The van der Waals surface area contributed by atoms with Gasteiger partial charge >= 0.3 is 12.6 Å². The van der Waals surface area contributed by atoms with E-state index in [4.69, 9.17) is 16.7 Å². The van der Waals surface area contributed by atoms with Gasteiger partial charge in [-0.1, -0.05) is 17.7 Å². The molecule has 1 aromatic carbocycles. The monoisotopic (exact) mass is 333 g/mol. The Morgan fingerprint density at radius 1 is 1.36 bits per heavy atom. The summed E-state index contributed by atoms with van der Waals surface area (Å²) < 4.78 is 28.6. The molecule has 0 aliphatic heterocycles. The van der Waals surface area contributed by atoms with Gasteiger partial charge in [-0.3, -0.25) is 4.79 Å². The highest BCUT2D eigenvalue weighted by atomic mass is 35.5. The molecule has 0 aromatic heterocycles. The Labute approximate surface area is 132 Å². The SMILES string of the molecule is O=C(O)C1CCC(NCc2ccc(OC(F)F)c(Cl)c2)CC1. The quantitative estimate of drug-likeness (QED) is 0.834. The fourth-order valence-corrected chi connectivity index (χ4v) is 2.90. The number of alkyl halides is 2. The number of carboxylic acids is 1. The number of halogens is 3. The fraction of sp³-hybridized carbons (Fsp3) is 0.533. The third kappa shape index (κ3) is 4.81. The molecular weight excluding hydrogens is 316 g/mol. The molecule has 0 saturated heterocycles. The zero-order chi connectivity index (χ0) is 16.1. The van der Waals surface area contributed by atoms with Crippen LogP contribution < -0.4 is 10.1 Å². The Bertz CT molecular complexity index is 520. The lowest BCUT2D eigenvalue weighted by atomic mass is 9.86. The van der Waals surface area contributed by atoms with E-state index in [0.29, 0.717) is 19.4 Å². The number of ether oxygens (including phenoxy) is 1. The van der Waals surface area contributed by atoms with Gasteiger partial charge in [0.15, 0.2) is 0 Å². The molecule has 1 aromatic rings. The number of nitrogens with one attached hydrogen (secondary N) is 1. The lowest BCUT2D eigenvalue weighted by molar-refractivity contribution is -0.142. The van der Waals surface area contributed by atoms with Crippen molar-refractivity contribution in [2.24, 2.45) is 5.92 Å². The molecule has 1 saturated carbocycles. The van der Waals surface area contributed by atoms with Crippen molar-refractivity contribution in [3.8, 4) is 5.75 Å². The van der Waals surface area contributed by atoms with Gasteiger partial charge < -0.3 is 15.2 Å². The summed E-state index contributed by atoms with van der Waals surface area (Å²) in [7, 11) is 0. The third-order valence-electron chi connectivity index (χ3n) is 3.88. The van der Waals surface area contributed by atoms with Crippen molar-refractivity contribution in [3.05, 3.63) is 28.8 Å². The van der Waals surface area contributed by atoms with Crippen molar-refractivity contribution < 1.29 is 23.4 Å². The summed E-state index contributed by atoms with van der Waals surface area (Å²) in [6.07, 6.45) is 2.98. The minimum absolute atomic E-state index is 0.0395. The van der Waals surface area contributed by atoms with Crippen molar-refractivity contribution in [2.75, 3.05) is 0 Å². The Morgan fingerprint density at radius 2 is 2.05 bits per heavy atom. The van der Waals surface area contributed by atoms with Crippen LogP contribution in [0.2, 0.25) is 5.02 Å². The predicted molar refractivity (Wildman–Crippen MR) is 78.3 cm³/mol. The van der Waals surface area contributed by atoms with E-state index in [1.54, 1.807) is 12.1 Å². The molecule has 2 rings (SSSR count). The van der Waals surface area contributed by atoms with Gasteiger partial charge in [-0.25, -0.2) is 0 Å². The topological polar surface area (TPSA) is 58.6 Å². The summed E-state index contributed by atoms with van der Waals surface area (Å²) in [5.74, 6) is -1.000. The zero-order valence-electron chi connectivity index (χ0n) is 11.9. The van der Waals surface area contributed by atoms with E-state index >= 15 is 0 Å². The molecule has 7 heteroatoms. The molecule has 0 heterocycles. The largest absolute Gasteiger partial charge is 0.481 e. The van der Waals surface area contributed by atoms with Gasteiger partial charge in [0.25, 0.3) is 0 Å². The molecule has 22 heavy (non-hydrogen) atoms. The normalized spacial score (nSPS) is 21.8. The summed E-state index contributed by atoms with van der Waals surface area (Å²) in [6.45, 7) is -2.34. The third-order valence-corrected chi connectivity index (χ3v) is 4.18. The number of aliphatic carboxylic acids is 1. The van der Waals surface area contributed by atoms with Crippen molar-refractivity contribution in [3.63, 3.8) is 0 Å². The van der Waals surface area contributed by atoms with Gasteiger partial charge in [0, 0.05) is 12.6 Å². The smallest absolute Gasteiger partial charge is 0.387 e. The molecule has 0 bridgehead atoms. The fourth-order valence-electron chi connectivity index (χ4n) is 2.65. The maximum Gasteiger partial charge on any atom is 0.387 e. The molecule has 4 nitrogen and oxygen atoms in total. The summed E-state index contributed by atoms with van der Waals surface area (Å²) in [4.78, 5) is 10.9. The van der Waals surface area contributed by atoms with E-state index in [9.17, 15) is 13.6 Å². The van der Waals surface area contributed by atoms with Crippen molar-refractivity contribution in [2.45, 2.75) is 44.9 Å². The first kappa shape index (κ1) is 17.0. The van der Waals surface area contributed by atoms with Gasteiger partial charge in [0.1, 0.15) is 5.75 Å². The van der Waals surface area contributed by atoms with Crippen LogP contribution in [0.1, 0.15) is 31.2 Å². The number of hydrogen-bond donors (Lipinski definition) is 2. The summed E-state index contributed by atoms with van der Waals surface area (Å²) in [5, 5.41) is 12.4. The van der Waals surface area contributed by atoms with Crippen LogP contribution in [-0.4, -0.2) is 23.7 Å². The number of rotatable bonds is 6. The van der Waals surface area contributed by atoms with Crippen LogP contribution >= 0.6 is 11.6 Å². The molecule has 1 fully saturated rings. The van der Waals surface area contributed by atoms with Gasteiger partial charge in [0.05, 0.1) is 10.9 Å². The van der Waals surface area contributed by atoms with Gasteiger partial charge in [-0.2, -0.15) is 8.78 Å². The molecular formula is C15H18ClF2NO3. The van der Waals surface area contributed by atoms with Crippen LogP contribution in [0.25, 0.3) is 0 Å². The van der Waals surface area contributed by atoms with Crippen LogP contribution in [0.4, 0.5) is 8.78 Å². The highest BCUT2D eigenvalue weighted by Crippen LogP contribution is 2.28. The molecule has 0 atom stereocenters. The van der Waals surface area contributed by atoms with Crippen LogP contribution in [-0.2, 0) is 11.3 Å². The number of benzene rings is 1. The van der Waals surface area contributed by atoms with Crippen LogP contribution in [0.5, 0.6) is 5.75 Å². The highest BCUT2D eigenvalue weighted by molar-refractivity contribution is 6.32. The van der Waals surface area contributed by atoms with Crippen molar-refractivity contribution in [1.29, 1.82) is 0 Å². The zero-order valence-corrected chi connectivity index (χ0v) is 12.7. The van der Waals surface area contributed by atoms with Crippen molar-refractivity contribution >= 4 is 17.6 Å². The van der Waals surface area contributed by atoms with Crippen LogP contribution in [0.3, 0.4) is 0 Å². The Kier molecular flexibility index (Phi) is 5.97. The Hall–Kier alpha value is -1.40. The van der Waals surface area contributed by atoms with E-state index in [1.165, 1.54) is 6.07 Å². The first-order chi connectivity index (χ1) is 10.5. The maximum absolute atomic E-state index is 12.1. The Morgan fingerprint density at radius 3 is 2.59 bits per heavy atom. The summed E-state index contributed by atoms with van der Waals surface area (Å²) in [5.41, 5.74) is 0.868. The first-order valence-corrected chi connectivity index (χ1v) is 7.53. The number of hydrogen-bond acceptors (Lipinski definition) is 3. The van der Waals surface area contributed by atoms with Gasteiger partial charge in [-0.05, 0) is 43.4 Å². The Balaban J connectivity index is 1.82. The van der Waals surface area contributed by atoms with E-state index in [0.717, 1.165) is 18.4 Å². The lowest BCUT2D eigenvalue weighted by Crippen LogP contribution is -2.34.